The first-order valence-electron chi connectivity index (χ1n) is 48.1. The second kappa shape index (κ2) is 45.6. The molecular weight excluding hydrogens is 2090 g/mol. The molecule has 9 aliphatic rings. The highest BCUT2D eigenvalue weighted by atomic mass is 79.9. The number of unbranched alkanes of at least 4 members (excludes halogenated alkanes) is 1. The maximum Gasteiger partial charge on any atom is 0.410 e. The van der Waals surface area contributed by atoms with Gasteiger partial charge in [0.1, 0.15) is 85.3 Å². The van der Waals surface area contributed by atoms with Crippen LogP contribution in [0, 0.1) is 46.7 Å². The molecule has 4 N–H and O–H groups in total. The van der Waals surface area contributed by atoms with Crippen molar-refractivity contribution in [2.45, 2.75) is 207 Å². The Kier molecular flexibility index (Phi) is 34.5. The van der Waals surface area contributed by atoms with Crippen molar-refractivity contribution < 1.29 is 107 Å². The normalized spacial score (nSPS) is 16.2. The van der Waals surface area contributed by atoms with Gasteiger partial charge in [0.15, 0.2) is 0 Å². The molecular formula is C107H122Br3F6N13O17. The molecule has 0 atom stereocenters. The number of nitrogens with zero attached hydrogens (tertiary/aromatic N) is 10. The fourth-order valence-corrected chi connectivity index (χ4v) is 19.1. The molecule has 3 spiro atoms. The Hall–Kier alpha value is -12.9. The van der Waals surface area contributed by atoms with Crippen molar-refractivity contribution in [3.63, 3.8) is 0 Å². The number of hydrogen-bond acceptors (Lipinski definition) is 19. The van der Waals surface area contributed by atoms with Crippen LogP contribution in [0.5, 0.6) is 11.5 Å². The number of amides is 10. The van der Waals surface area contributed by atoms with E-state index in [-0.39, 0.29) is 124 Å². The van der Waals surface area contributed by atoms with Gasteiger partial charge < -0.3 is 93.3 Å². The number of carbonyl (C=O) groups is 10. The van der Waals surface area contributed by atoms with Gasteiger partial charge >= 0.3 is 30.5 Å². The Bertz CT molecular complexity index is 6370. The Morgan fingerprint density at radius 2 is 0.911 bits per heavy atom. The number of anilines is 6. The average Bonchev–Trinajstić information content (AvgIpc) is 1.54. The predicted molar refractivity (Wildman–Crippen MR) is 548 cm³/mol. The molecule has 39 heteroatoms. The summed E-state index contributed by atoms with van der Waals surface area (Å²) >= 11 is 9.82. The number of nitrogen functional groups attached to an aromatic ring is 1. The van der Waals surface area contributed by atoms with E-state index in [1.165, 1.54) is 104 Å². The topological polar surface area (TPSA) is 329 Å². The number of rotatable bonds is 17. The average molecular weight is 2220 g/mol. The molecule has 0 bridgehead atoms. The number of methoxy groups -OCH3 is 2. The van der Waals surface area contributed by atoms with E-state index in [0.717, 1.165) is 94.6 Å². The number of fused-ring (bicyclic) bond motifs is 7. The number of nitrogens with one attached hydrogen (secondary N) is 2. The summed E-state index contributed by atoms with van der Waals surface area (Å²) in [6.07, 6.45) is 3.83. The second-order valence-corrected chi connectivity index (χ2v) is 43.3. The first-order valence-corrected chi connectivity index (χ1v) is 50.5. The molecule has 0 unspecified atom stereocenters. The van der Waals surface area contributed by atoms with Crippen LogP contribution >= 0.6 is 47.8 Å². The summed E-state index contributed by atoms with van der Waals surface area (Å²) in [6, 6.07) is 40.4. The lowest BCUT2D eigenvalue weighted by Crippen LogP contribution is -2.65. The highest BCUT2D eigenvalue weighted by Crippen LogP contribution is 2.52. The van der Waals surface area contributed by atoms with Crippen molar-refractivity contribution in [1.82, 2.24) is 34.1 Å². The number of benzene rings is 8. The summed E-state index contributed by atoms with van der Waals surface area (Å²) < 4.78 is 122. The number of aryl methyl sites for hydroxylation is 1. The van der Waals surface area contributed by atoms with Crippen LogP contribution < -0.4 is 40.5 Å². The molecule has 18 rings (SSSR count). The number of imidazole rings is 1. The number of halogens is 9. The van der Waals surface area contributed by atoms with E-state index in [0.29, 0.717) is 75.0 Å². The van der Waals surface area contributed by atoms with Crippen LogP contribution in [0.2, 0.25) is 0 Å². The Morgan fingerprint density at radius 3 is 1.39 bits per heavy atom. The Morgan fingerprint density at radius 1 is 0.493 bits per heavy atom. The van der Waals surface area contributed by atoms with Gasteiger partial charge in [0.25, 0.3) is 0 Å². The quantitative estimate of drug-likeness (QED) is 0.0433. The van der Waals surface area contributed by atoms with Gasteiger partial charge in [-0.1, -0.05) is 55.8 Å². The third-order valence-electron chi connectivity index (χ3n) is 25.4. The van der Waals surface area contributed by atoms with Crippen molar-refractivity contribution >= 4 is 142 Å². The smallest absolute Gasteiger partial charge is 0.410 e. The fourth-order valence-electron chi connectivity index (χ4n) is 18.0. The van der Waals surface area contributed by atoms with Crippen LogP contribution in [0.1, 0.15) is 168 Å². The van der Waals surface area contributed by atoms with E-state index in [1.807, 2.05) is 48.5 Å². The lowest BCUT2D eigenvalue weighted by molar-refractivity contribution is -0.129. The zero-order chi connectivity index (χ0) is 106. The van der Waals surface area contributed by atoms with Gasteiger partial charge in [-0.05, 0) is 313 Å². The maximum atomic E-state index is 14.3. The van der Waals surface area contributed by atoms with Crippen molar-refractivity contribution in [3.05, 3.63) is 251 Å². The SMILES string of the molecule is CC(C)(C)OC(=O)N1CC(C(=O)Nc2cc(F)ccc2Br)C1.CC(C)OC(=O)N1CC2(C1)C(=O)Nc1cc(F)ccc12.CCCCn1c(CN2C(=O)C3(CN(C(=O)OC(C)C)C3)c3ccc(F)cc32)nc2c1CCCC2.COc1ccc(CN(C(=O)C2CN(C(=O)OC(C)(C)C)C2)c2cc(F)ccc2Br)cc1.COc1ccc(CN2C(=O)C3(CN(C(=O)OC(C)(C)C)C3)c3ccc(F)cc32)cc1.Nc1cc(F)ccc1Br. The van der Waals surface area contributed by atoms with E-state index in [2.05, 4.69) is 69.9 Å². The summed E-state index contributed by atoms with van der Waals surface area (Å²) in [6.45, 7) is 29.8. The minimum Gasteiger partial charge on any atom is -0.497 e. The molecule has 8 aliphatic heterocycles. The first kappa shape index (κ1) is 110. The van der Waals surface area contributed by atoms with Gasteiger partial charge in [-0.15, -0.1) is 0 Å². The van der Waals surface area contributed by atoms with Crippen molar-refractivity contribution in [2.75, 3.05) is 111 Å². The maximum absolute atomic E-state index is 14.3. The molecule has 9 aromatic rings. The van der Waals surface area contributed by atoms with E-state index in [9.17, 15) is 74.3 Å². The number of nitrogens with two attached hydrogens (primary N) is 1. The molecule has 1 aliphatic carbocycles. The van der Waals surface area contributed by atoms with E-state index >= 15 is 0 Å². The summed E-state index contributed by atoms with van der Waals surface area (Å²) in [5.41, 5.74) is 10.5. The van der Waals surface area contributed by atoms with Gasteiger partial charge in [0.05, 0.1) is 86.3 Å². The summed E-state index contributed by atoms with van der Waals surface area (Å²) in [7, 11) is 3.18. The largest absolute Gasteiger partial charge is 0.497 e. The molecule has 30 nitrogen and oxygen atoms in total. The van der Waals surface area contributed by atoms with Crippen LogP contribution in [0.15, 0.2) is 171 Å². The zero-order valence-electron chi connectivity index (χ0n) is 84.4. The summed E-state index contributed by atoms with van der Waals surface area (Å²) in [4.78, 5) is 143. The van der Waals surface area contributed by atoms with Gasteiger partial charge in [-0.2, -0.15) is 0 Å². The zero-order valence-corrected chi connectivity index (χ0v) is 89.1. The molecule has 0 saturated carbocycles. The van der Waals surface area contributed by atoms with Gasteiger partial charge in [-0.25, -0.2) is 55.3 Å². The van der Waals surface area contributed by atoms with Crippen molar-refractivity contribution in [1.29, 1.82) is 0 Å². The molecule has 1 aromatic heterocycles. The van der Waals surface area contributed by atoms with Gasteiger partial charge in [0, 0.05) is 102 Å². The molecule has 0 radical (unpaired) electrons. The summed E-state index contributed by atoms with van der Waals surface area (Å²) in [5, 5.41) is 5.33. The first-order chi connectivity index (χ1) is 68.8. The van der Waals surface area contributed by atoms with Crippen LogP contribution in [0.25, 0.3) is 0 Å². The number of likely N-dealkylation sites (tertiary alicyclic amines) is 5. The van der Waals surface area contributed by atoms with Gasteiger partial charge in [0.2, 0.25) is 29.5 Å². The number of carbonyl (C=O) groups excluding carboxylic acids is 10. The van der Waals surface area contributed by atoms with E-state index < -0.39 is 86.8 Å². The highest BCUT2D eigenvalue weighted by molar-refractivity contribution is 9.11. The second-order valence-electron chi connectivity index (χ2n) is 40.7. The number of hydrogen-bond donors (Lipinski definition) is 3. The third kappa shape index (κ3) is 25.8. The lowest BCUT2D eigenvalue weighted by Gasteiger charge is -2.46. The molecule has 780 valence electrons. The van der Waals surface area contributed by atoms with Crippen molar-refractivity contribution in [3.8, 4) is 11.5 Å². The monoisotopic (exact) mass is 2210 g/mol. The van der Waals surface area contributed by atoms with Crippen LogP contribution in [0.4, 0.5) is 84.4 Å². The van der Waals surface area contributed by atoms with Crippen LogP contribution in [-0.2, 0) is 103 Å². The highest BCUT2D eigenvalue weighted by Gasteiger charge is 2.62. The molecule has 8 aromatic carbocycles. The predicted octanol–water partition coefficient (Wildman–Crippen LogP) is 20.7. The molecule has 9 heterocycles. The molecule has 10 amide bonds. The standard InChI is InChI=1S/C26H33FN4O3.C23H26BrFN2O4.C23H25FN2O4.C15H18BrFN2O3.C14H15FN2O3.C6H5BrFN/c1-4-5-12-30-21-9-7-6-8-20(21)28-23(30)14-31-22-13-18(27)10-11-19(22)26(24(31)32)15-29(16-26)25(33)34-17(2)3;1-23(2,3)31-22(29)26-13-16(14-26)21(28)27(20-11-17(25)7-10-19(20)24)12-15-5-8-18(30-4)9-6-15;1-22(2,3)30-21(28)25-13-23(14-25)18-10-7-16(24)11-19(18)26(20(23)27)12-15-5-8-17(29-4)9-6-15;1-15(2,3)22-14(21)19-7-9(8-19)13(20)18-12-6-10(17)4-5-11(12)16;1-8(2)20-13(19)17-6-14(7-17)10-4-3-9(15)5-11(10)16-12(14)18;7-5-2-1-4(8)3-6(5)9/h10-11,13,17H,4-9,12,14-16H2,1-3H3;5-11,16H,12-14H2,1-4H3;5-11H,12-14H2,1-4H3;4-6,9H,7-8H2,1-3H3,(H,18,20);3-5,8H,6-7H2,1-2H3,(H,16,18);1-3H,9H2. The van der Waals surface area contributed by atoms with Crippen LogP contribution in [-0.4, -0.2) is 203 Å². The fraction of sp³-hybridized carbons (Fsp3) is 0.430. The molecule has 146 heavy (non-hydrogen) atoms. The van der Waals surface area contributed by atoms with Crippen LogP contribution in [0.3, 0.4) is 0 Å². The molecule has 5 saturated heterocycles. The minimum atomic E-state index is -0.855. The van der Waals surface area contributed by atoms with Gasteiger partial charge in [-0.3, -0.25) is 24.0 Å². The molecule has 5 fully saturated rings. The lowest BCUT2D eigenvalue weighted by atomic mass is 9.75. The van der Waals surface area contributed by atoms with Crippen molar-refractivity contribution in [2.24, 2.45) is 11.8 Å². The number of ether oxygens (including phenoxy) is 7. The Balaban J connectivity index is 0.000000151. The Labute approximate surface area is 869 Å². The van der Waals surface area contributed by atoms with E-state index in [1.54, 1.807) is 154 Å². The summed E-state index contributed by atoms with van der Waals surface area (Å²) in [5.74, 6) is -1.58. The third-order valence-corrected chi connectivity index (χ3v) is 27.5. The minimum absolute atomic E-state index is 0.0929. The van der Waals surface area contributed by atoms with E-state index in [4.69, 9.17) is 43.9 Å². The number of aromatic nitrogens is 2.